The van der Waals surface area contributed by atoms with Crippen LogP contribution < -0.4 is 10.1 Å². The molecule has 0 aliphatic heterocycles. The molecule has 1 aliphatic rings. The lowest BCUT2D eigenvalue weighted by molar-refractivity contribution is -0.123. The minimum Gasteiger partial charge on any atom is -0.467 e. The van der Waals surface area contributed by atoms with Crippen molar-refractivity contribution in [1.29, 1.82) is 0 Å². The number of carbonyl (C=O) groups excluding carboxylic acids is 1. The van der Waals surface area contributed by atoms with Crippen molar-refractivity contribution >= 4 is 11.6 Å². The van der Waals surface area contributed by atoms with Crippen LogP contribution in [-0.4, -0.2) is 32.3 Å². The molecular weight excluding hydrogens is 318 g/mol. The molecule has 0 bridgehead atoms. The fourth-order valence-electron chi connectivity index (χ4n) is 3.15. The molecule has 1 atom stereocenters. The van der Waals surface area contributed by atoms with Crippen LogP contribution in [0.4, 0.5) is 0 Å². The van der Waals surface area contributed by atoms with Gasteiger partial charge in [0.2, 0.25) is 5.88 Å². The van der Waals surface area contributed by atoms with Crippen molar-refractivity contribution in [2.75, 3.05) is 6.61 Å². The van der Waals surface area contributed by atoms with Gasteiger partial charge in [0, 0.05) is 6.07 Å². The van der Waals surface area contributed by atoms with Crippen molar-refractivity contribution in [3.05, 3.63) is 53.3 Å². The van der Waals surface area contributed by atoms with E-state index in [2.05, 4.69) is 38.8 Å². The van der Waals surface area contributed by atoms with Gasteiger partial charge in [-0.15, -0.1) is 15.3 Å². The number of ether oxygens (including phenoxy) is 1. The number of rotatable bonds is 5. The number of benzene rings is 1. The van der Waals surface area contributed by atoms with Gasteiger partial charge in [0.05, 0.1) is 6.04 Å². The Morgan fingerprint density at radius 3 is 3.08 bits per heavy atom. The smallest absolute Gasteiger partial charge is 0.258 e. The second-order valence-electron chi connectivity index (χ2n) is 6.26. The van der Waals surface area contributed by atoms with Crippen LogP contribution in [-0.2, 0) is 17.6 Å². The highest BCUT2D eigenvalue weighted by Gasteiger charge is 2.15. The van der Waals surface area contributed by atoms with Crippen LogP contribution in [0.2, 0.25) is 0 Å². The first kappa shape index (κ1) is 15.6. The third-order valence-electron chi connectivity index (χ3n) is 4.49. The zero-order valence-electron chi connectivity index (χ0n) is 14.0. The van der Waals surface area contributed by atoms with Gasteiger partial charge in [0.15, 0.2) is 12.3 Å². The first-order valence-electron chi connectivity index (χ1n) is 8.40. The molecule has 1 amide bonds. The number of amides is 1. The molecular formula is C18H19N5O2. The van der Waals surface area contributed by atoms with Crippen molar-refractivity contribution in [2.45, 2.75) is 32.2 Å². The predicted molar refractivity (Wildman–Crippen MR) is 91.3 cm³/mol. The van der Waals surface area contributed by atoms with Gasteiger partial charge < -0.3 is 10.1 Å². The molecule has 0 radical (unpaired) electrons. The number of hydrogen-bond acceptors (Lipinski definition) is 5. The van der Waals surface area contributed by atoms with Gasteiger partial charge in [-0.05, 0) is 48.9 Å². The molecule has 7 nitrogen and oxygen atoms in total. The summed E-state index contributed by atoms with van der Waals surface area (Å²) in [7, 11) is 0. The Bertz CT molecular complexity index is 921. The summed E-state index contributed by atoms with van der Waals surface area (Å²) in [5.41, 5.74) is 4.59. The van der Waals surface area contributed by atoms with Crippen LogP contribution in [0.15, 0.2) is 36.7 Å². The van der Waals surface area contributed by atoms with E-state index in [1.54, 1.807) is 12.1 Å². The quantitative estimate of drug-likeness (QED) is 0.769. The number of hydrogen-bond donors (Lipinski definition) is 1. The van der Waals surface area contributed by atoms with E-state index in [4.69, 9.17) is 4.74 Å². The largest absolute Gasteiger partial charge is 0.467 e. The Balaban J connectivity index is 1.35. The standard InChI is InChI=1S/C18H19N5O2/c1-12(14-6-5-13-3-2-4-15(13)9-14)20-17(24)10-25-18-8-7-16-21-19-11-23(16)22-18/h5-9,11-12H,2-4,10H2,1H3,(H,20,24)/t12-/m0/s1. The summed E-state index contributed by atoms with van der Waals surface area (Å²) in [5, 5.41) is 14.8. The van der Waals surface area contributed by atoms with Crippen molar-refractivity contribution in [3.63, 3.8) is 0 Å². The lowest BCUT2D eigenvalue weighted by Gasteiger charge is -2.15. The van der Waals surface area contributed by atoms with Gasteiger partial charge in [0.1, 0.15) is 6.33 Å². The minimum absolute atomic E-state index is 0.0599. The van der Waals surface area contributed by atoms with Crippen LogP contribution >= 0.6 is 0 Å². The highest BCUT2D eigenvalue weighted by atomic mass is 16.5. The highest BCUT2D eigenvalue weighted by Crippen LogP contribution is 2.25. The fourth-order valence-corrected chi connectivity index (χ4v) is 3.15. The summed E-state index contributed by atoms with van der Waals surface area (Å²) in [6.07, 6.45) is 4.99. The average Bonchev–Trinajstić information content (AvgIpc) is 3.27. The number of nitrogens with one attached hydrogen (secondary N) is 1. The molecule has 1 aromatic carbocycles. The van der Waals surface area contributed by atoms with Crippen molar-refractivity contribution in [2.24, 2.45) is 0 Å². The molecule has 3 aromatic rings. The number of aromatic nitrogens is 4. The zero-order valence-corrected chi connectivity index (χ0v) is 14.0. The lowest BCUT2D eigenvalue weighted by atomic mass is 10.0. The van der Waals surface area contributed by atoms with Crippen molar-refractivity contribution in [3.8, 4) is 5.88 Å². The second-order valence-corrected chi connectivity index (χ2v) is 6.26. The van der Waals surface area contributed by atoms with Gasteiger partial charge >= 0.3 is 0 Å². The first-order chi connectivity index (χ1) is 12.2. The predicted octanol–water partition coefficient (Wildman–Crippen LogP) is 1.87. The van der Waals surface area contributed by atoms with Crippen LogP contribution in [0.3, 0.4) is 0 Å². The minimum atomic E-state index is -0.182. The molecule has 1 N–H and O–H groups in total. The van der Waals surface area contributed by atoms with Crippen molar-refractivity contribution in [1.82, 2.24) is 25.1 Å². The molecule has 0 saturated carbocycles. The first-order valence-corrected chi connectivity index (χ1v) is 8.40. The molecule has 2 aromatic heterocycles. The van der Waals surface area contributed by atoms with Gasteiger partial charge in [-0.25, -0.2) is 0 Å². The Morgan fingerprint density at radius 2 is 2.16 bits per heavy atom. The van der Waals surface area contributed by atoms with E-state index < -0.39 is 0 Å². The summed E-state index contributed by atoms with van der Waals surface area (Å²) in [4.78, 5) is 12.2. The molecule has 0 unspecified atom stereocenters. The number of fused-ring (bicyclic) bond motifs is 2. The lowest BCUT2D eigenvalue weighted by Crippen LogP contribution is -2.31. The number of nitrogens with zero attached hydrogens (tertiary/aromatic N) is 4. The number of carbonyl (C=O) groups is 1. The SMILES string of the molecule is C[C@H](NC(=O)COc1ccc2nncn2n1)c1ccc2c(c1)CCC2. The maximum Gasteiger partial charge on any atom is 0.258 e. The summed E-state index contributed by atoms with van der Waals surface area (Å²) in [6, 6.07) is 9.82. The van der Waals surface area contributed by atoms with E-state index >= 15 is 0 Å². The van der Waals surface area contributed by atoms with E-state index in [1.807, 2.05) is 6.92 Å². The number of aryl methyl sites for hydroxylation is 2. The van der Waals surface area contributed by atoms with E-state index in [9.17, 15) is 4.79 Å². The maximum atomic E-state index is 12.2. The van der Waals surface area contributed by atoms with Crippen LogP contribution in [0.5, 0.6) is 5.88 Å². The normalized spacial score (nSPS) is 14.3. The maximum absolute atomic E-state index is 12.2. The molecule has 0 fully saturated rings. The van der Waals surface area contributed by atoms with Crippen LogP contribution in [0, 0.1) is 0 Å². The molecule has 7 heteroatoms. The molecule has 25 heavy (non-hydrogen) atoms. The Morgan fingerprint density at radius 1 is 1.28 bits per heavy atom. The average molecular weight is 337 g/mol. The zero-order chi connectivity index (χ0) is 17.2. The van der Waals surface area contributed by atoms with Crippen LogP contribution in [0.1, 0.15) is 36.1 Å². The second kappa shape index (κ2) is 6.51. The monoisotopic (exact) mass is 337 g/mol. The van der Waals surface area contributed by atoms with E-state index in [-0.39, 0.29) is 18.6 Å². The van der Waals surface area contributed by atoms with Gasteiger partial charge in [-0.2, -0.15) is 4.52 Å². The van der Waals surface area contributed by atoms with E-state index in [0.29, 0.717) is 11.5 Å². The molecule has 2 heterocycles. The Labute approximate surface area is 145 Å². The third kappa shape index (κ3) is 3.31. The summed E-state index contributed by atoms with van der Waals surface area (Å²) in [6.45, 7) is 1.89. The molecule has 0 spiro atoms. The summed E-state index contributed by atoms with van der Waals surface area (Å²) >= 11 is 0. The molecule has 4 rings (SSSR count). The summed E-state index contributed by atoms with van der Waals surface area (Å²) < 4.78 is 6.96. The van der Waals surface area contributed by atoms with Gasteiger partial charge in [-0.3, -0.25) is 4.79 Å². The highest BCUT2D eigenvalue weighted by molar-refractivity contribution is 5.78. The van der Waals surface area contributed by atoms with Gasteiger partial charge in [-0.1, -0.05) is 18.2 Å². The van der Waals surface area contributed by atoms with E-state index in [1.165, 1.54) is 28.4 Å². The molecule has 1 aliphatic carbocycles. The molecule has 0 saturated heterocycles. The Hall–Kier alpha value is -2.96. The topological polar surface area (TPSA) is 81.4 Å². The Kier molecular flexibility index (Phi) is 4.05. The summed E-state index contributed by atoms with van der Waals surface area (Å²) in [5.74, 6) is 0.172. The van der Waals surface area contributed by atoms with Crippen LogP contribution in [0.25, 0.3) is 5.65 Å². The fraction of sp³-hybridized carbons (Fsp3) is 0.333. The van der Waals surface area contributed by atoms with Gasteiger partial charge in [0.25, 0.3) is 5.91 Å². The van der Waals surface area contributed by atoms with Crippen molar-refractivity contribution < 1.29 is 9.53 Å². The third-order valence-corrected chi connectivity index (χ3v) is 4.49. The van der Waals surface area contributed by atoms with E-state index in [0.717, 1.165) is 18.4 Å². The molecule has 128 valence electrons.